The molecule has 1 unspecified atom stereocenters. The van der Waals surface area contributed by atoms with E-state index in [0.717, 1.165) is 5.56 Å². The Hall–Kier alpha value is -3.77. The second-order valence-corrected chi connectivity index (χ2v) is 8.22. The molecule has 1 atom stereocenters. The van der Waals surface area contributed by atoms with E-state index in [2.05, 4.69) is 0 Å². The van der Waals surface area contributed by atoms with E-state index in [0.29, 0.717) is 34.3 Å². The number of carbonyl (C=O) groups excluding carboxylic acids is 2. The van der Waals surface area contributed by atoms with Crippen molar-refractivity contribution in [2.45, 2.75) is 19.5 Å². The van der Waals surface area contributed by atoms with E-state index in [4.69, 9.17) is 21.1 Å². The van der Waals surface area contributed by atoms with Gasteiger partial charge in [0.05, 0.1) is 25.3 Å². The van der Waals surface area contributed by atoms with Gasteiger partial charge in [-0.3, -0.25) is 9.59 Å². The van der Waals surface area contributed by atoms with Crippen LogP contribution in [0.1, 0.15) is 29.7 Å². The SMILES string of the molecule is CCOc1ccc(/C(O)=C2/C(=O)C(=O)N(Cc3ccc(OC)cc3)C2c2ccc(Cl)cc2)cc1. The molecule has 1 fully saturated rings. The molecule has 1 aliphatic heterocycles. The van der Waals surface area contributed by atoms with Crippen LogP contribution in [0.4, 0.5) is 0 Å². The number of halogens is 1. The molecule has 0 bridgehead atoms. The molecule has 0 spiro atoms. The first-order valence-electron chi connectivity index (χ1n) is 10.8. The van der Waals surface area contributed by atoms with Crippen LogP contribution in [0.2, 0.25) is 5.02 Å². The van der Waals surface area contributed by atoms with Crippen LogP contribution < -0.4 is 9.47 Å². The maximum atomic E-state index is 13.2. The first-order chi connectivity index (χ1) is 16.4. The van der Waals surface area contributed by atoms with Gasteiger partial charge in [0.25, 0.3) is 11.7 Å². The molecule has 0 aromatic heterocycles. The maximum Gasteiger partial charge on any atom is 0.295 e. The number of amides is 1. The van der Waals surface area contributed by atoms with Crippen LogP contribution in [0, 0.1) is 0 Å². The largest absolute Gasteiger partial charge is 0.507 e. The molecular formula is C27H24ClNO5. The molecule has 1 amide bonds. The Kier molecular flexibility index (Phi) is 6.89. The highest BCUT2D eigenvalue weighted by Gasteiger charge is 2.46. The number of hydrogen-bond acceptors (Lipinski definition) is 5. The maximum absolute atomic E-state index is 13.2. The molecule has 1 aliphatic rings. The molecular weight excluding hydrogens is 454 g/mol. The summed E-state index contributed by atoms with van der Waals surface area (Å²) in [5, 5.41) is 11.7. The zero-order chi connectivity index (χ0) is 24.2. The molecule has 1 heterocycles. The molecule has 3 aromatic rings. The van der Waals surface area contributed by atoms with Crippen molar-refractivity contribution in [1.82, 2.24) is 4.90 Å². The number of nitrogens with zero attached hydrogens (tertiary/aromatic N) is 1. The topological polar surface area (TPSA) is 76.1 Å². The van der Waals surface area contributed by atoms with Gasteiger partial charge < -0.3 is 19.5 Å². The summed E-state index contributed by atoms with van der Waals surface area (Å²) in [4.78, 5) is 27.8. The van der Waals surface area contributed by atoms with Crippen LogP contribution in [0.3, 0.4) is 0 Å². The highest BCUT2D eigenvalue weighted by Crippen LogP contribution is 2.40. The van der Waals surface area contributed by atoms with E-state index in [-0.39, 0.29) is 17.9 Å². The average Bonchev–Trinajstić information content (AvgIpc) is 3.10. The fourth-order valence-electron chi connectivity index (χ4n) is 3.99. The first-order valence-corrected chi connectivity index (χ1v) is 11.2. The number of rotatable bonds is 7. The molecule has 174 valence electrons. The van der Waals surface area contributed by atoms with Gasteiger partial charge in [0.2, 0.25) is 0 Å². The monoisotopic (exact) mass is 477 g/mol. The van der Waals surface area contributed by atoms with E-state index in [9.17, 15) is 14.7 Å². The third-order valence-electron chi connectivity index (χ3n) is 5.68. The Balaban J connectivity index is 1.78. The summed E-state index contributed by atoms with van der Waals surface area (Å²) < 4.78 is 10.7. The van der Waals surface area contributed by atoms with Crippen molar-refractivity contribution in [3.63, 3.8) is 0 Å². The Morgan fingerprint density at radius 1 is 0.941 bits per heavy atom. The van der Waals surface area contributed by atoms with Gasteiger partial charge >= 0.3 is 0 Å². The standard InChI is InChI=1S/C27H24ClNO5/c1-3-34-22-14-8-19(9-15-22)25(30)23-24(18-6-10-20(28)11-7-18)29(27(32)26(23)31)16-17-4-12-21(33-2)13-5-17/h4-15,24,30H,3,16H2,1-2H3/b25-23-. The summed E-state index contributed by atoms with van der Waals surface area (Å²) in [7, 11) is 1.58. The Morgan fingerprint density at radius 3 is 2.15 bits per heavy atom. The minimum atomic E-state index is -0.772. The molecule has 0 radical (unpaired) electrons. The number of carbonyl (C=O) groups is 2. The molecule has 0 saturated carbocycles. The summed E-state index contributed by atoms with van der Waals surface area (Å²) in [5.74, 6) is -0.314. The summed E-state index contributed by atoms with van der Waals surface area (Å²) in [5.41, 5.74) is 1.95. The number of Topliss-reactive ketones (excluding diaryl/α,β-unsaturated/α-hetero) is 1. The summed E-state index contributed by atoms with van der Waals surface area (Å²) in [6.45, 7) is 2.57. The number of ether oxygens (including phenoxy) is 2. The van der Waals surface area contributed by atoms with Gasteiger partial charge in [-0.25, -0.2) is 0 Å². The number of ketones is 1. The second kappa shape index (κ2) is 10.0. The predicted octanol–water partition coefficient (Wildman–Crippen LogP) is 5.37. The van der Waals surface area contributed by atoms with E-state index in [1.165, 1.54) is 4.90 Å². The van der Waals surface area contributed by atoms with Gasteiger partial charge in [-0.1, -0.05) is 35.9 Å². The number of benzene rings is 3. The van der Waals surface area contributed by atoms with Crippen molar-refractivity contribution in [2.24, 2.45) is 0 Å². The normalized spacial score (nSPS) is 17.1. The molecule has 1 saturated heterocycles. The summed E-state index contributed by atoms with van der Waals surface area (Å²) >= 11 is 6.07. The summed E-state index contributed by atoms with van der Waals surface area (Å²) in [6.07, 6.45) is 0. The van der Waals surface area contributed by atoms with E-state index in [1.807, 2.05) is 19.1 Å². The zero-order valence-electron chi connectivity index (χ0n) is 18.8. The minimum absolute atomic E-state index is 0.0324. The van der Waals surface area contributed by atoms with Crippen LogP contribution in [0.15, 0.2) is 78.4 Å². The molecule has 0 aliphatic carbocycles. The highest BCUT2D eigenvalue weighted by molar-refractivity contribution is 6.46. The van der Waals surface area contributed by atoms with Gasteiger partial charge in [-0.05, 0) is 66.6 Å². The van der Waals surface area contributed by atoms with Crippen LogP contribution in [-0.4, -0.2) is 35.4 Å². The lowest BCUT2D eigenvalue weighted by atomic mass is 9.95. The van der Waals surface area contributed by atoms with Crippen molar-refractivity contribution in [2.75, 3.05) is 13.7 Å². The van der Waals surface area contributed by atoms with Gasteiger partial charge in [0.15, 0.2) is 0 Å². The van der Waals surface area contributed by atoms with E-state index >= 15 is 0 Å². The van der Waals surface area contributed by atoms with Gasteiger partial charge in [-0.15, -0.1) is 0 Å². The fraction of sp³-hybridized carbons (Fsp3) is 0.185. The van der Waals surface area contributed by atoms with Crippen molar-refractivity contribution >= 4 is 29.1 Å². The van der Waals surface area contributed by atoms with Gasteiger partial charge in [-0.2, -0.15) is 0 Å². The van der Waals surface area contributed by atoms with Crippen LogP contribution >= 0.6 is 11.6 Å². The first kappa shape index (κ1) is 23.4. The quantitative estimate of drug-likeness (QED) is 0.281. The smallest absolute Gasteiger partial charge is 0.295 e. The van der Waals surface area contributed by atoms with Crippen molar-refractivity contribution in [3.05, 3.63) is 100 Å². The predicted molar refractivity (Wildman–Crippen MR) is 130 cm³/mol. The molecule has 6 nitrogen and oxygen atoms in total. The van der Waals surface area contributed by atoms with Crippen molar-refractivity contribution in [1.29, 1.82) is 0 Å². The molecule has 7 heteroatoms. The summed E-state index contributed by atoms with van der Waals surface area (Å²) in [6, 6.07) is 20.1. The lowest BCUT2D eigenvalue weighted by molar-refractivity contribution is -0.140. The number of likely N-dealkylation sites (tertiary alicyclic amines) is 1. The molecule has 34 heavy (non-hydrogen) atoms. The molecule has 4 rings (SSSR count). The third-order valence-corrected chi connectivity index (χ3v) is 5.93. The number of methoxy groups -OCH3 is 1. The Bertz CT molecular complexity index is 1220. The zero-order valence-corrected chi connectivity index (χ0v) is 19.6. The Morgan fingerprint density at radius 2 is 1.56 bits per heavy atom. The number of aliphatic hydroxyl groups is 1. The van der Waals surface area contributed by atoms with E-state index in [1.54, 1.807) is 67.8 Å². The second-order valence-electron chi connectivity index (χ2n) is 7.78. The van der Waals surface area contributed by atoms with Crippen molar-refractivity contribution < 1.29 is 24.2 Å². The average molecular weight is 478 g/mol. The lowest BCUT2D eigenvalue weighted by Gasteiger charge is -2.25. The van der Waals surface area contributed by atoms with E-state index < -0.39 is 17.7 Å². The van der Waals surface area contributed by atoms with Gasteiger partial charge in [0.1, 0.15) is 17.3 Å². The Labute approximate surface area is 203 Å². The van der Waals surface area contributed by atoms with Crippen LogP contribution in [-0.2, 0) is 16.1 Å². The minimum Gasteiger partial charge on any atom is -0.507 e. The fourth-order valence-corrected chi connectivity index (χ4v) is 4.12. The van der Waals surface area contributed by atoms with Crippen LogP contribution in [0.25, 0.3) is 5.76 Å². The molecule has 3 aromatic carbocycles. The highest BCUT2D eigenvalue weighted by atomic mass is 35.5. The number of hydrogen-bond donors (Lipinski definition) is 1. The van der Waals surface area contributed by atoms with Crippen molar-refractivity contribution in [3.8, 4) is 11.5 Å². The van der Waals surface area contributed by atoms with Gasteiger partial charge in [0, 0.05) is 17.1 Å². The molecule has 1 N–H and O–H groups in total. The third kappa shape index (κ3) is 4.63. The number of aliphatic hydroxyl groups excluding tert-OH is 1. The lowest BCUT2D eigenvalue weighted by Crippen LogP contribution is -2.29. The van der Waals surface area contributed by atoms with Crippen LogP contribution in [0.5, 0.6) is 11.5 Å².